The van der Waals surface area contributed by atoms with Crippen LogP contribution in [0.25, 0.3) is 6.08 Å². The lowest BCUT2D eigenvalue weighted by Gasteiger charge is -2.07. The van der Waals surface area contributed by atoms with E-state index in [9.17, 15) is 9.59 Å². The minimum atomic E-state index is -0.476. The van der Waals surface area contributed by atoms with Crippen LogP contribution in [0.4, 0.5) is 0 Å². The molecule has 0 amide bonds. The van der Waals surface area contributed by atoms with Crippen LogP contribution in [0.3, 0.4) is 0 Å². The van der Waals surface area contributed by atoms with Crippen LogP contribution in [-0.2, 0) is 19.1 Å². The summed E-state index contributed by atoms with van der Waals surface area (Å²) in [5.41, 5.74) is 1.12. The molecule has 0 N–H and O–H groups in total. The molecule has 0 heterocycles. The van der Waals surface area contributed by atoms with Gasteiger partial charge in [-0.05, 0) is 30.7 Å². The third-order valence-corrected chi connectivity index (χ3v) is 2.93. The summed E-state index contributed by atoms with van der Waals surface area (Å²) >= 11 is 0. The molecule has 24 heavy (non-hydrogen) atoms. The Morgan fingerprint density at radius 2 is 1.75 bits per heavy atom. The maximum absolute atomic E-state index is 11.6. The number of hydrogen-bond donors (Lipinski definition) is 0. The minimum absolute atomic E-state index is 0.165. The lowest BCUT2D eigenvalue weighted by molar-refractivity contribution is -0.140. The van der Waals surface area contributed by atoms with Crippen molar-refractivity contribution in [2.75, 3.05) is 27.4 Å². The number of carbonyl (C=O) groups is 2. The van der Waals surface area contributed by atoms with E-state index in [-0.39, 0.29) is 13.2 Å². The van der Waals surface area contributed by atoms with Crippen molar-refractivity contribution in [3.05, 3.63) is 42.0 Å². The molecule has 0 radical (unpaired) electrons. The summed E-state index contributed by atoms with van der Waals surface area (Å²) in [6, 6.07) is 5.29. The highest BCUT2D eigenvalue weighted by Crippen LogP contribution is 2.27. The molecular weight excluding hydrogens is 312 g/mol. The van der Waals surface area contributed by atoms with Crippen LogP contribution in [0.15, 0.2) is 36.4 Å². The van der Waals surface area contributed by atoms with Gasteiger partial charge in [-0.15, -0.1) is 0 Å². The van der Waals surface area contributed by atoms with Crippen LogP contribution in [-0.4, -0.2) is 39.4 Å². The molecule has 6 nitrogen and oxygen atoms in total. The Labute approximate surface area is 141 Å². The van der Waals surface area contributed by atoms with E-state index >= 15 is 0 Å². The van der Waals surface area contributed by atoms with Crippen molar-refractivity contribution in [3.8, 4) is 11.5 Å². The van der Waals surface area contributed by atoms with Gasteiger partial charge in [-0.3, -0.25) is 0 Å². The highest BCUT2D eigenvalue weighted by atomic mass is 16.5. The van der Waals surface area contributed by atoms with Crippen molar-refractivity contribution in [3.63, 3.8) is 0 Å². The maximum atomic E-state index is 11.6. The van der Waals surface area contributed by atoms with Gasteiger partial charge in [-0.25, -0.2) is 9.59 Å². The molecule has 1 aromatic rings. The standard InChI is InChI=1S/C18H22O6/c1-13(2)18(20)24-11-5-10-23-17(19)9-7-14-6-8-15(21-3)16(12-14)22-4/h6-9,12H,1,5,10-11H2,2-4H3/b9-7+. The van der Waals surface area contributed by atoms with Gasteiger partial charge in [0.1, 0.15) is 0 Å². The Bertz CT molecular complexity index is 618. The first-order chi connectivity index (χ1) is 11.5. The molecule has 0 unspecified atom stereocenters. The van der Waals surface area contributed by atoms with Crippen molar-refractivity contribution in [1.82, 2.24) is 0 Å². The monoisotopic (exact) mass is 334 g/mol. The summed E-state index contributed by atoms with van der Waals surface area (Å²) in [6.45, 7) is 5.39. The Kier molecular flexibility index (Phi) is 8.11. The van der Waals surface area contributed by atoms with Gasteiger partial charge in [0, 0.05) is 18.1 Å². The van der Waals surface area contributed by atoms with Crippen LogP contribution in [0.1, 0.15) is 18.9 Å². The Balaban J connectivity index is 2.38. The van der Waals surface area contributed by atoms with Gasteiger partial charge in [0.25, 0.3) is 0 Å². The third-order valence-electron chi connectivity index (χ3n) is 2.93. The molecular formula is C18H22O6. The van der Waals surface area contributed by atoms with Crippen molar-refractivity contribution < 1.29 is 28.5 Å². The van der Waals surface area contributed by atoms with E-state index in [0.717, 1.165) is 5.56 Å². The molecule has 0 saturated heterocycles. The molecule has 0 aliphatic carbocycles. The van der Waals surface area contributed by atoms with E-state index in [4.69, 9.17) is 18.9 Å². The van der Waals surface area contributed by atoms with E-state index in [1.807, 2.05) is 0 Å². The summed E-state index contributed by atoms with van der Waals surface area (Å²) in [5.74, 6) is 0.263. The first-order valence-electron chi connectivity index (χ1n) is 7.37. The van der Waals surface area contributed by atoms with Gasteiger partial charge in [-0.2, -0.15) is 0 Å². The zero-order chi connectivity index (χ0) is 17.9. The fourth-order valence-corrected chi connectivity index (χ4v) is 1.69. The highest BCUT2D eigenvalue weighted by molar-refractivity contribution is 5.87. The second-order valence-corrected chi connectivity index (χ2v) is 4.89. The normalized spacial score (nSPS) is 10.3. The lowest BCUT2D eigenvalue weighted by atomic mass is 10.2. The van der Waals surface area contributed by atoms with E-state index < -0.39 is 11.9 Å². The topological polar surface area (TPSA) is 71.1 Å². The van der Waals surface area contributed by atoms with Crippen LogP contribution < -0.4 is 9.47 Å². The van der Waals surface area contributed by atoms with E-state index in [1.165, 1.54) is 6.08 Å². The van der Waals surface area contributed by atoms with E-state index in [2.05, 4.69) is 6.58 Å². The number of hydrogen-bond acceptors (Lipinski definition) is 6. The van der Waals surface area contributed by atoms with Crippen LogP contribution in [0.5, 0.6) is 11.5 Å². The third kappa shape index (κ3) is 6.56. The molecule has 0 atom stereocenters. The number of benzene rings is 1. The molecule has 6 heteroatoms. The Morgan fingerprint density at radius 3 is 2.38 bits per heavy atom. The van der Waals surface area contributed by atoms with Crippen molar-refractivity contribution in [2.45, 2.75) is 13.3 Å². The Morgan fingerprint density at radius 1 is 1.08 bits per heavy atom. The lowest BCUT2D eigenvalue weighted by Crippen LogP contribution is -2.09. The molecule has 130 valence electrons. The predicted molar refractivity (Wildman–Crippen MR) is 89.9 cm³/mol. The van der Waals surface area contributed by atoms with E-state index in [0.29, 0.717) is 23.5 Å². The second kappa shape index (κ2) is 10.1. The molecule has 0 aliphatic heterocycles. The van der Waals surface area contributed by atoms with Crippen molar-refractivity contribution >= 4 is 18.0 Å². The average Bonchev–Trinajstić information content (AvgIpc) is 2.58. The number of esters is 2. The average molecular weight is 334 g/mol. The summed E-state index contributed by atoms with van der Waals surface area (Å²) in [7, 11) is 3.10. The van der Waals surface area contributed by atoms with Gasteiger partial charge in [0.05, 0.1) is 27.4 Å². The molecule has 0 saturated carbocycles. The molecule has 1 rings (SSSR count). The van der Waals surface area contributed by atoms with Crippen LogP contribution in [0, 0.1) is 0 Å². The largest absolute Gasteiger partial charge is 0.493 e. The zero-order valence-electron chi connectivity index (χ0n) is 14.2. The van der Waals surface area contributed by atoms with Gasteiger partial charge < -0.3 is 18.9 Å². The van der Waals surface area contributed by atoms with Crippen molar-refractivity contribution in [2.24, 2.45) is 0 Å². The smallest absolute Gasteiger partial charge is 0.333 e. The zero-order valence-corrected chi connectivity index (χ0v) is 14.2. The fourth-order valence-electron chi connectivity index (χ4n) is 1.69. The Hall–Kier alpha value is -2.76. The number of methoxy groups -OCH3 is 2. The SMILES string of the molecule is C=C(C)C(=O)OCCCOC(=O)/C=C/c1ccc(OC)c(OC)c1. The van der Waals surface area contributed by atoms with Gasteiger partial charge in [0.15, 0.2) is 11.5 Å². The second-order valence-electron chi connectivity index (χ2n) is 4.89. The molecule has 0 aliphatic rings. The predicted octanol–water partition coefficient (Wildman–Crippen LogP) is 2.77. The molecule has 0 spiro atoms. The number of carbonyl (C=O) groups excluding carboxylic acids is 2. The van der Waals surface area contributed by atoms with Crippen LogP contribution in [0.2, 0.25) is 0 Å². The summed E-state index contributed by atoms with van der Waals surface area (Å²) in [4.78, 5) is 22.7. The summed E-state index contributed by atoms with van der Waals surface area (Å²) < 4.78 is 20.2. The fraction of sp³-hybridized carbons (Fsp3) is 0.333. The minimum Gasteiger partial charge on any atom is -0.493 e. The quantitative estimate of drug-likeness (QED) is 0.393. The van der Waals surface area contributed by atoms with Gasteiger partial charge in [0.2, 0.25) is 0 Å². The molecule has 0 fully saturated rings. The molecule has 1 aromatic carbocycles. The first-order valence-corrected chi connectivity index (χ1v) is 7.37. The number of ether oxygens (including phenoxy) is 4. The van der Waals surface area contributed by atoms with E-state index in [1.54, 1.807) is 45.4 Å². The van der Waals surface area contributed by atoms with Gasteiger partial charge >= 0.3 is 11.9 Å². The summed E-state index contributed by atoms with van der Waals surface area (Å²) in [6.07, 6.45) is 3.36. The van der Waals surface area contributed by atoms with Gasteiger partial charge in [-0.1, -0.05) is 12.6 Å². The van der Waals surface area contributed by atoms with Crippen molar-refractivity contribution in [1.29, 1.82) is 0 Å². The summed E-state index contributed by atoms with van der Waals surface area (Å²) in [5, 5.41) is 0. The molecule has 0 aromatic heterocycles. The number of rotatable bonds is 9. The van der Waals surface area contributed by atoms with Crippen LogP contribution >= 0.6 is 0 Å². The maximum Gasteiger partial charge on any atom is 0.333 e. The highest BCUT2D eigenvalue weighted by Gasteiger charge is 2.04. The molecule has 0 bridgehead atoms. The first kappa shape index (κ1) is 19.3.